The molecule has 0 N–H and O–H groups in total. The van der Waals surface area contributed by atoms with Crippen molar-refractivity contribution in [3.63, 3.8) is 0 Å². The van der Waals surface area contributed by atoms with Crippen LogP contribution in [0.4, 0.5) is 17.6 Å². The minimum Gasteiger partial charge on any atom is -0.206 e. The van der Waals surface area contributed by atoms with E-state index in [0.717, 1.165) is 42.9 Å². The van der Waals surface area contributed by atoms with Gasteiger partial charge in [0, 0.05) is 5.56 Å². The highest BCUT2D eigenvalue weighted by atomic mass is 19.2. The first-order chi connectivity index (χ1) is 13.5. The van der Waals surface area contributed by atoms with Crippen LogP contribution in [0.2, 0.25) is 0 Å². The van der Waals surface area contributed by atoms with Gasteiger partial charge in [-0.1, -0.05) is 18.2 Å². The molecule has 4 atom stereocenters. The van der Waals surface area contributed by atoms with E-state index in [4.69, 9.17) is 0 Å². The highest BCUT2D eigenvalue weighted by molar-refractivity contribution is 5.65. The lowest BCUT2D eigenvalue weighted by atomic mass is 9.64. The second-order valence-corrected chi connectivity index (χ2v) is 8.33. The number of allylic oxidation sites excluding steroid dienone is 1. The molecule has 2 fully saturated rings. The minimum absolute atomic E-state index is 0.00639. The van der Waals surface area contributed by atoms with Gasteiger partial charge in [0.2, 0.25) is 0 Å². The maximum absolute atomic E-state index is 14.7. The van der Waals surface area contributed by atoms with Crippen LogP contribution in [0.15, 0.2) is 43.0 Å². The van der Waals surface area contributed by atoms with Gasteiger partial charge in [-0.3, -0.25) is 0 Å². The van der Waals surface area contributed by atoms with Gasteiger partial charge in [-0.2, -0.15) is 0 Å². The van der Waals surface area contributed by atoms with Crippen molar-refractivity contribution >= 4 is 0 Å². The first kappa shape index (κ1) is 19.2. The zero-order valence-electron chi connectivity index (χ0n) is 15.7. The molecule has 0 saturated heterocycles. The molecule has 2 aromatic rings. The molecule has 148 valence electrons. The maximum Gasteiger partial charge on any atom is 0.194 e. The maximum atomic E-state index is 14.7. The third-order valence-electron chi connectivity index (χ3n) is 6.75. The van der Waals surface area contributed by atoms with Crippen molar-refractivity contribution in [2.24, 2.45) is 17.8 Å². The lowest BCUT2D eigenvalue weighted by Crippen LogP contribution is -2.29. The first-order valence-electron chi connectivity index (χ1n) is 10.0. The molecule has 2 aliphatic carbocycles. The number of benzene rings is 2. The van der Waals surface area contributed by atoms with Crippen molar-refractivity contribution in [2.45, 2.75) is 44.4 Å². The summed E-state index contributed by atoms with van der Waals surface area (Å²) in [5.41, 5.74) is 1.03. The lowest BCUT2D eigenvalue weighted by Gasteiger charge is -2.41. The van der Waals surface area contributed by atoms with Crippen LogP contribution in [0.1, 0.15) is 50.0 Å². The van der Waals surface area contributed by atoms with E-state index in [9.17, 15) is 17.6 Å². The highest BCUT2D eigenvalue weighted by Crippen LogP contribution is 2.48. The van der Waals surface area contributed by atoms with E-state index < -0.39 is 23.3 Å². The summed E-state index contributed by atoms with van der Waals surface area (Å²) in [6, 6.07) is 6.55. The Bertz CT molecular complexity index is 865. The summed E-state index contributed by atoms with van der Waals surface area (Å²) in [5.74, 6) is -2.33. The fourth-order valence-corrected chi connectivity index (χ4v) is 5.17. The fraction of sp³-hybridized carbons (Fsp3) is 0.417. The average Bonchev–Trinajstić information content (AvgIpc) is 2.70. The summed E-state index contributed by atoms with van der Waals surface area (Å²) >= 11 is 0. The molecule has 0 spiro atoms. The van der Waals surface area contributed by atoms with Crippen LogP contribution in [-0.4, -0.2) is 0 Å². The Morgan fingerprint density at radius 3 is 2.14 bits per heavy atom. The molecule has 0 aromatic heterocycles. The predicted molar refractivity (Wildman–Crippen MR) is 103 cm³/mol. The molecule has 0 amide bonds. The molecule has 2 saturated carbocycles. The van der Waals surface area contributed by atoms with Crippen molar-refractivity contribution in [3.8, 4) is 11.1 Å². The smallest absolute Gasteiger partial charge is 0.194 e. The Morgan fingerprint density at radius 1 is 0.786 bits per heavy atom. The second kappa shape index (κ2) is 7.73. The molecule has 0 radical (unpaired) electrons. The Morgan fingerprint density at radius 2 is 1.46 bits per heavy atom. The Hall–Kier alpha value is -2.10. The second-order valence-electron chi connectivity index (χ2n) is 8.33. The normalized spacial score (nSPS) is 27.3. The quantitative estimate of drug-likeness (QED) is 0.292. The molecule has 2 aromatic carbocycles. The van der Waals surface area contributed by atoms with Gasteiger partial charge in [0.25, 0.3) is 0 Å². The SMILES string of the molecule is C=CC1CCC2CC(c3ccc(-c4cc(F)c(F)c(F)c4)c(F)c3)CCC2C1. The molecule has 0 nitrogen and oxygen atoms in total. The predicted octanol–water partition coefficient (Wildman–Crippen LogP) is 7.40. The summed E-state index contributed by atoms with van der Waals surface area (Å²) in [7, 11) is 0. The Balaban J connectivity index is 1.53. The largest absolute Gasteiger partial charge is 0.206 e. The monoisotopic (exact) mass is 388 g/mol. The summed E-state index contributed by atoms with van der Waals surface area (Å²) in [6.45, 7) is 3.93. The molecule has 4 heteroatoms. The summed E-state index contributed by atoms with van der Waals surface area (Å²) in [6.07, 6.45) is 8.93. The Labute approximate surface area is 163 Å². The van der Waals surface area contributed by atoms with Crippen LogP contribution >= 0.6 is 0 Å². The van der Waals surface area contributed by atoms with E-state index in [2.05, 4.69) is 12.7 Å². The number of halogens is 4. The van der Waals surface area contributed by atoms with Gasteiger partial charge in [0.1, 0.15) is 5.82 Å². The molecule has 0 aliphatic heterocycles. The summed E-state index contributed by atoms with van der Waals surface area (Å²) in [5, 5.41) is 0. The van der Waals surface area contributed by atoms with Gasteiger partial charge in [-0.05, 0) is 91.5 Å². The topological polar surface area (TPSA) is 0 Å². The third-order valence-corrected chi connectivity index (χ3v) is 6.75. The molecular formula is C24H24F4. The van der Waals surface area contributed by atoms with Crippen LogP contribution in [0.3, 0.4) is 0 Å². The molecule has 2 aliphatic rings. The van der Waals surface area contributed by atoms with Crippen LogP contribution < -0.4 is 0 Å². The third kappa shape index (κ3) is 3.61. The molecule has 0 heterocycles. The van der Waals surface area contributed by atoms with E-state index >= 15 is 0 Å². The van der Waals surface area contributed by atoms with Crippen LogP contribution in [0.25, 0.3) is 11.1 Å². The van der Waals surface area contributed by atoms with Gasteiger partial charge in [-0.15, -0.1) is 6.58 Å². The molecule has 0 bridgehead atoms. The first-order valence-corrected chi connectivity index (χ1v) is 10.0. The Kier molecular flexibility index (Phi) is 5.31. The van der Waals surface area contributed by atoms with E-state index in [-0.39, 0.29) is 11.1 Å². The van der Waals surface area contributed by atoms with Crippen molar-refractivity contribution in [2.75, 3.05) is 0 Å². The summed E-state index contributed by atoms with van der Waals surface area (Å²) in [4.78, 5) is 0. The van der Waals surface area contributed by atoms with E-state index in [1.165, 1.54) is 25.3 Å². The van der Waals surface area contributed by atoms with E-state index in [1.54, 1.807) is 6.07 Å². The minimum atomic E-state index is -1.54. The molecular weight excluding hydrogens is 364 g/mol. The van der Waals surface area contributed by atoms with Crippen molar-refractivity contribution < 1.29 is 17.6 Å². The van der Waals surface area contributed by atoms with Crippen molar-refractivity contribution in [1.29, 1.82) is 0 Å². The fourth-order valence-electron chi connectivity index (χ4n) is 5.17. The van der Waals surface area contributed by atoms with Crippen LogP contribution in [-0.2, 0) is 0 Å². The van der Waals surface area contributed by atoms with Gasteiger partial charge < -0.3 is 0 Å². The van der Waals surface area contributed by atoms with Gasteiger partial charge in [-0.25, -0.2) is 17.6 Å². The lowest BCUT2D eigenvalue weighted by molar-refractivity contribution is 0.133. The highest BCUT2D eigenvalue weighted by Gasteiger charge is 2.35. The van der Waals surface area contributed by atoms with E-state index in [1.807, 2.05) is 6.07 Å². The van der Waals surface area contributed by atoms with Crippen molar-refractivity contribution in [3.05, 3.63) is 71.8 Å². The zero-order chi connectivity index (χ0) is 19.8. The summed E-state index contributed by atoms with van der Waals surface area (Å²) < 4.78 is 54.9. The van der Waals surface area contributed by atoms with Gasteiger partial charge in [0.15, 0.2) is 17.5 Å². The van der Waals surface area contributed by atoms with Gasteiger partial charge >= 0.3 is 0 Å². The molecule has 28 heavy (non-hydrogen) atoms. The van der Waals surface area contributed by atoms with Crippen LogP contribution in [0.5, 0.6) is 0 Å². The molecule has 4 rings (SSSR count). The number of rotatable bonds is 3. The van der Waals surface area contributed by atoms with Crippen molar-refractivity contribution in [1.82, 2.24) is 0 Å². The number of hydrogen-bond donors (Lipinski definition) is 0. The molecule has 4 unspecified atom stereocenters. The van der Waals surface area contributed by atoms with E-state index in [0.29, 0.717) is 17.8 Å². The number of fused-ring (bicyclic) bond motifs is 1. The standard InChI is InChI=1S/C24H24F4/c1-2-14-3-4-16-10-17(6-5-15(16)9-14)18-7-8-20(21(25)11-18)19-12-22(26)24(28)23(27)13-19/h2,7-8,11-17H,1,3-6,9-10H2. The van der Waals surface area contributed by atoms with Gasteiger partial charge in [0.05, 0.1) is 0 Å². The average molecular weight is 388 g/mol. The zero-order valence-corrected chi connectivity index (χ0v) is 15.7. The number of hydrogen-bond acceptors (Lipinski definition) is 0. The van der Waals surface area contributed by atoms with Crippen LogP contribution in [0, 0.1) is 41.0 Å².